The molecule has 0 bridgehead atoms. The molecule has 0 unspecified atom stereocenters. The summed E-state index contributed by atoms with van der Waals surface area (Å²) in [7, 11) is 0. The first-order chi connectivity index (χ1) is 28.3. The molecule has 0 aliphatic carbocycles. The van der Waals surface area contributed by atoms with E-state index in [-0.39, 0.29) is 0 Å². The van der Waals surface area contributed by atoms with Gasteiger partial charge < -0.3 is 13.7 Å². The van der Waals surface area contributed by atoms with Crippen molar-refractivity contribution in [3.05, 3.63) is 212 Å². The second-order valence-corrected chi connectivity index (χ2v) is 14.9. The highest BCUT2D eigenvalue weighted by Crippen LogP contribution is 2.47. The van der Waals surface area contributed by atoms with Crippen molar-refractivity contribution in [1.29, 1.82) is 0 Å². The van der Waals surface area contributed by atoms with Crippen LogP contribution < -0.4 is 0 Å². The third-order valence-corrected chi connectivity index (χ3v) is 11.8. The summed E-state index contributed by atoms with van der Waals surface area (Å²) in [6.45, 7) is 0. The molecule has 12 rings (SSSR count). The van der Waals surface area contributed by atoms with Gasteiger partial charge in [-0.15, -0.1) is 0 Å². The number of para-hydroxylation sites is 5. The van der Waals surface area contributed by atoms with Crippen molar-refractivity contribution in [2.75, 3.05) is 0 Å². The first-order valence-corrected chi connectivity index (χ1v) is 19.6. The van der Waals surface area contributed by atoms with Crippen molar-refractivity contribution >= 4 is 65.4 Å². The van der Waals surface area contributed by atoms with Crippen molar-refractivity contribution < 1.29 is 0 Å². The van der Waals surface area contributed by atoms with Crippen molar-refractivity contribution in [1.82, 2.24) is 13.7 Å². The van der Waals surface area contributed by atoms with Gasteiger partial charge in [0.15, 0.2) is 0 Å². The van der Waals surface area contributed by atoms with E-state index in [1.807, 2.05) is 0 Å². The van der Waals surface area contributed by atoms with E-state index < -0.39 is 0 Å². The van der Waals surface area contributed by atoms with Gasteiger partial charge in [0.1, 0.15) is 0 Å². The van der Waals surface area contributed by atoms with Crippen LogP contribution in [0, 0.1) is 0 Å². The Labute approximate surface area is 329 Å². The van der Waals surface area contributed by atoms with Gasteiger partial charge in [0, 0.05) is 49.4 Å². The topological polar surface area (TPSA) is 14.8 Å². The molecular formula is C54H35N3. The Kier molecular flexibility index (Phi) is 6.93. The summed E-state index contributed by atoms with van der Waals surface area (Å²) in [6, 6.07) is 77.4. The van der Waals surface area contributed by atoms with Crippen LogP contribution in [-0.4, -0.2) is 13.7 Å². The Morgan fingerprint density at radius 3 is 1.30 bits per heavy atom. The SMILES string of the molecule is c1ccc(-c2ccc3c(c2)c2cc(-c4cc5c6ccccc6n(-c6ccccc6)c5c5c4c4ccccc4n5-c4ccccc4)ccc2n3-c2ccccc2)cc1. The number of aromatic nitrogens is 3. The lowest BCUT2D eigenvalue weighted by Crippen LogP contribution is -1.99. The van der Waals surface area contributed by atoms with Crippen LogP contribution in [0.4, 0.5) is 0 Å². The average Bonchev–Trinajstić information content (AvgIpc) is 3.93. The molecule has 0 spiro atoms. The number of hydrogen-bond acceptors (Lipinski definition) is 0. The summed E-state index contributed by atoms with van der Waals surface area (Å²) in [5.74, 6) is 0. The fourth-order valence-corrected chi connectivity index (χ4v) is 9.37. The van der Waals surface area contributed by atoms with Crippen LogP contribution in [0.25, 0.3) is 105 Å². The summed E-state index contributed by atoms with van der Waals surface area (Å²) < 4.78 is 7.37. The van der Waals surface area contributed by atoms with Crippen molar-refractivity contribution in [2.45, 2.75) is 0 Å². The number of nitrogens with zero attached hydrogens (tertiary/aromatic N) is 3. The van der Waals surface area contributed by atoms with Gasteiger partial charge in [-0.2, -0.15) is 0 Å². The molecule has 0 aliphatic heterocycles. The lowest BCUT2D eigenvalue weighted by molar-refractivity contribution is 1.15. The van der Waals surface area contributed by atoms with Gasteiger partial charge in [0.25, 0.3) is 0 Å². The molecule has 0 amide bonds. The van der Waals surface area contributed by atoms with E-state index in [4.69, 9.17) is 0 Å². The molecule has 3 heterocycles. The minimum Gasteiger partial charge on any atom is -0.309 e. The minimum absolute atomic E-state index is 1.14. The molecule has 3 nitrogen and oxygen atoms in total. The molecule has 266 valence electrons. The molecule has 3 heteroatoms. The van der Waals surface area contributed by atoms with Crippen LogP contribution in [-0.2, 0) is 0 Å². The van der Waals surface area contributed by atoms with Crippen LogP contribution in [0.15, 0.2) is 212 Å². The second kappa shape index (κ2) is 12.5. The molecule has 9 aromatic carbocycles. The Morgan fingerprint density at radius 1 is 0.246 bits per heavy atom. The van der Waals surface area contributed by atoms with Gasteiger partial charge in [-0.05, 0) is 101 Å². The number of rotatable bonds is 5. The largest absolute Gasteiger partial charge is 0.309 e. The third kappa shape index (κ3) is 4.73. The smallest absolute Gasteiger partial charge is 0.0795 e. The van der Waals surface area contributed by atoms with E-state index in [9.17, 15) is 0 Å². The van der Waals surface area contributed by atoms with Gasteiger partial charge in [0.2, 0.25) is 0 Å². The van der Waals surface area contributed by atoms with E-state index >= 15 is 0 Å². The fraction of sp³-hybridized carbons (Fsp3) is 0. The molecule has 3 aromatic heterocycles. The third-order valence-electron chi connectivity index (χ3n) is 11.8. The van der Waals surface area contributed by atoms with Crippen molar-refractivity contribution in [2.24, 2.45) is 0 Å². The van der Waals surface area contributed by atoms with E-state index in [1.165, 1.54) is 87.7 Å². The van der Waals surface area contributed by atoms with Gasteiger partial charge in [0.05, 0.1) is 33.1 Å². The highest BCUT2D eigenvalue weighted by molar-refractivity contribution is 6.28. The van der Waals surface area contributed by atoms with Crippen molar-refractivity contribution in [3.8, 4) is 39.3 Å². The zero-order valence-electron chi connectivity index (χ0n) is 31.0. The average molecular weight is 726 g/mol. The Bertz CT molecular complexity index is 3480. The van der Waals surface area contributed by atoms with Crippen LogP contribution in [0.3, 0.4) is 0 Å². The van der Waals surface area contributed by atoms with E-state index in [0.717, 1.165) is 17.1 Å². The van der Waals surface area contributed by atoms with Crippen molar-refractivity contribution in [3.63, 3.8) is 0 Å². The van der Waals surface area contributed by atoms with Crippen LogP contribution in [0.2, 0.25) is 0 Å². The number of benzene rings is 9. The summed E-state index contributed by atoms with van der Waals surface area (Å²) in [6.07, 6.45) is 0. The second-order valence-electron chi connectivity index (χ2n) is 14.9. The Morgan fingerprint density at radius 2 is 0.684 bits per heavy atom. The predicted molar refractivity (Wildman–Crippen MR) is 240 cm³/mol. The Balaban J connectivity index is 1.25. The molecule has 0 fully saturated rings. The molecule has 0 radical (unpaired) electrons. The lowest BCUT2D eigenvalue weighted by atomic mass is 9.95. The molecule has 0 saturated carbocycles. The zero-order valence-corrected chi connectivity index (χ0v) is 31.0. The van der Waals surface area contributed by atoms with Crippen LogP contribution >= 0.6 is 0 Å². The highest BCUT2D eigenvalue weighted by Gasteiger charge is 2.25. The fourth-order valence-electron chi connectivity index (χ4n) is 9.37. The molecule has 0 saturated heterocycles. The highest BCUT2D eigenvalue weighted by atomic mass is 15.0. The maximum absolute atomic E-state index is 2.49. The minimum atomic E-state index is 1.14. The first-order valence-electron chi connectivity index (χ1n) is 19.6. The molecule has 0 aliphatic rings. The van der Waals surface area contributed by atoms with Gasteiger partial charge in [-0.25, -0.2) is 0 Å². The number of hydrogen-bond donors (Lipinski definition) is 0. The quantitative estimate of drug-likeness (QED) is 0.168. The monoisotopic (exact) mass is 725 g/mol. The van der Waals surface area contributed by atoms with Gasteiger partial charge in [-0.3, -0.25) is 0 Å². The predicted octanol–water partition coefficient (Wildman–Crippen LogP) is 14.3. The van der Waals surface area contributed by atoms with Gasteiger partial charge >= 0.3 is 0 Å². The normalized spacial score (nSPS) is 11.9. The van der Waals surface area contributed by atoms with E-state index in [0.29, 0.717) is 0 Å². The summed E-state index contributed by atoms with van der Waals surface area (Å²) in [5, 5.41) is 7.42. The van der Waals surface area contributed by atoms with Crippen LogP contribution in [0.5, 0.6) is 0 Å². The summed E-state index contributed by atoms with van der Waals surface area (Å²) in [5.41, 5.74) is 15.5. The molecule has 12 aromatic rings. The molecule has 57 heavy (non-hydrogen) atoms. The zero-order chi connectivity index (χ0) is 37.5. The number of fused-ring (bicyclic) bond motifs is 10. The molecule has 0 N–H and O–H groups in total. The molecular weight excluding hydrogens is 691 g/mol. The standard InChI is InChI=1S/C54H35N3/c1-5-17-36(18-6-1)37-29-31-50-45(33-37)46-34-38(30-32-51(46)55(50)39-19-7-2-8-20-39)44-35-47-42-25-13-15-27-48(42)56(40-21-9-3-10-22-40)53(47)54-52(44)43-26-14-16-28-49(43)57(54)41-23-11-4-12-24-41/h1-35H. The van der Waals surface area contributed by atoms with E-state index in [2.05, 4.69) is 226 Å². The molecule has 0 atom stereocenters. The van der Waals surface area contributed by atoms with E-state index in [1.54, 1.807) is 0 Å². The lowest BCUT2D eigenvalue weighted by Gasteiger charge is -2.14. The first kappa shape index (κ1) is 31.7. The Hall–Kier alpha value is -7.62. The summed E-state index contributed by atoms with van der Waals surface area (Å²) in [4.78, 5) is 0. The maximum Gasteiger partial charge on any atom is 0.0795 e. The maximum atomic E-state index is 2.49. The van der Waals surface area contributed by atoms with Crippen LogP contribution in [0.1, 0.15) is 0 Å². The van der Waals surface area contributed by atoms with Gasteiger partial charge in [-0.1, -0.05) is 133 Å². The summed E-state index contributed by atoms with van der Waals surface area (Å²) >= 11 is 0.